The Balaban J connectivity index is 2.42. The number of alkyl halides is 1. The number of carboxylic acid groups (broad SMARTS) is 1. The molecule has 0 radical (unpaired) electrons. The molecule has 0 aliphatic carbocycles. The first kappa shape index (κ1) is 14.7. The van der Waals surface area contributed by atoms with Crippen LogP contribution in [-0.4, -0.2) is 48.1 Å². The first-order valence-electron chi connectivity index (χ1n) is 5.74. The van der Waals surface area contributed by atoms with Crippen LogP contribution in [0, 0.1) is 0 Å². The molecule has 2 heterocycles. The highest BCUT2D eigenvalue weighted by Gasteiger charge is 2.33. The van der Waals surface area contributed by atoms with Gasteiger partial charge in [-0.15, -0.1) is 11.3 Å². The third kappa shape index (κ3) is 2.91. The number of carboxylic acids is 1. The van der Waals surface area contributed by atoms with Gasteiger partial charge in [-0.1, -0.05) is 0 Å². The Kier molecular flexibility index (Phi) is 4.44. The van der Waals surface area contributed by atoms with Crippen molar-refractivity contribution in [2.24, 2.45) is 5.73 Å². The van der Waals surface area contributed by atoms with E-state index in [4.69, 9.17) is 10.8 Å². The SMILES string of the molecule is NC(CO)CN1CC(F)Cc2c(Br)sc(C(=O)O)c21. The summed E-state index contributed by atoms with van der Waals surface area (Å²) in [5, 5.41) is 18.2. The van der Waals surface area contributed by atoms with E-state index in [0.29, 0.717) is 15.0 Å². The molecular formula is C11H14BrFN2O3S. The number of nitrogens with two attached hydrogens (primary N) is 1. The molecule has 0 saturated heterocycles. The van der Waals surface area contributed by atoms with Crippen LogP contribution in [0.4, 0.5) is 10.1 Å². The van der Waals surface area contributed by atoms with Gasteiger partial charge >= 0.3 is 5.97 Å². The van der Waals surface area contributed by atoms with E-state index in [2.05, 4.69) is 15.9 Å². The van der Waals surface area contributed by atoms with Gasteiger partial charge in [-0.3, -0.25) is 0 Å². The number of hydrogen-bond acceptors (Lipinski definition) is 5. The highest BCUT2D eigenvalue weighted by Crippen LogP contribution is 2.43. The third-order valence-corrected chi connectivity index (χ3v) is 4.94. The molecule has 1 aromatic heterocycles. The molecule has 19 heavy (non-hydrogen) atoms. The first-order chi connectivity index (χ1) is 8.93. The predicted octanol–water partition coefficient (Wildman–Crippen LogP) is 1.23. The topological polar surface area (TPSA) is 86.8 Å². The molecule has 2 atom stereocenters. The van der Waals surface area contributed by atoms with Crippen LogP contribution in [0.15, 0.2) is 3.79 Å². The van der Waals surface area contributed by atoms with Gasteiger partial charge in [-0.05, 0) is 15.9 Å². The molecule has 0 amide bonds. The van der Waals surface area contributed by atoms with Crippen molar-refractivity contribution in [2.75, 3.05) is 24.6 Å². The van der Waals surface area contributed by atoms with Gasteiger partial charge in [0.25, 0.3) is 0 Å². The van der Waals surface area contributed by atoms with Crippen molar-refractivity contribution in [3.63, 3.8) is 0 Å². The first-order valence-corrected chi connectivity index (χ1v) is 7.34. The van der Waals surface area contributed by atoms with Crippen LogP contribution in [0.25, 0.3) is 0 Å². The zero-order valence-corrected chi connectivity index (χ0v) is 12.4. The summed E-state index contributed by atoms with van der Waals surface area (Å²) in [5.74, 6) is -1.04. The van der Waals surface area contributed by atoms with E-state index in [1.165, 1.54) is 0 Å². The number of aliphatic hydroxyl groups is 1. The third-order valence-electron chi connectivity index (χ3n) is 2.97. The van der Waals surface area contributed by atoms with E-state index in [1.807, 2.05) is 0 Å². The van der Waals surface area contributed by atoms with Gasteiger partial charge in [0.1, 0.15) is 11.0 Å². The summed E-state index contributed by atoms with van der Waals surface area (Å²) >= 11 is 4.37. The van der Waals surface area contributed by atoms with E-state index in [1.54, 1.807) is 4.90 Å². The lowest BCUT2D eigenvalue weighted by Crippen LogP contribution is -2.45. The molecule has 0 aromatic carbocycles. The maximum atomic E-state index is 13.7. The minimum Gasteiger partial charge on any atom is -0.477 e. The van der Waals surface area contributed by atoms with Gasteiger partial charge < -0.3 is 20.8 Å². The molecule has 1 aliphatic rings. The molecule has 106 valence electrons. The van der Waals surface area contributed by atoms with Gasteiger partial charge in [0.05, 0.1) is 16.1 Å². The monoisotopic (exact) mass is 352 g/mol. The maximum absolute atomic E-state index is 13.7. The van der Waals surface area contributed by atoms with Gasteiger partial charge in [0, 0.05) is 31.1 Å². The lowest BCUT2D eigenvalue weighted by atomic mass is 10.0. The molecule has 2 unspecified atom stereocenters. The van der Waals surface area contributed by atoms with Gasteiger partial charge in [0.15, 0.2) is 0 Å². The normalized spacial score (nSPS) is 20.2. The van der Waals surface area contributed by atoms with Crippen molar-refractivity contribution in [1.82, 2.24) is 0 Å². The molecule has 8 heteroatoms. The van der Waals surface area contributed by atoms with E-state index in [9.17, 15) is 14.3 Å². The number of fused-ring (bicyclic) bond motifs is 1. The van der Waals surface area contributed by atoms with Crippen LogP contribution in [0.1, 0.15) is 15.2 Å². The summed E-state index contributed by atoms with van der Waals surface area (Å²) in [6.07, 6.45) is -0.865. The van der Waals surface area contributed by atoms with Gasteiger partial charge in [-0.2, -0.15) is 0 Å². The number of nitrogens with zero attached hydrogens (tertiary/aromatic N) is 1. The number of aromatic carboxylic acids is 1. The highest BCUT2D eigenvalue weighted by molar-refractivity contribution is 9.11. The Hall–Kier alpha value is -0.700. The molecule has 1 aliphatic heterocycles. The van der Waals surface area contributed by atoms with Gasteiger partial charge in [-0.25, -0.2) is 9.18 Å². The zero-order chi connectivity index (χ0) is 14.2. The zero-order valence-electron chi connectivity index (χ0n) is 9.97. The summed E-state index contributed by atoms with van der Waals surface area (Å²) in [5.41, 5.74) is 6.87. The summed E-state index contributed by atoms with van der Waals surface area (Å²) in [7, 11) is 0. The Labute approximate surface area is 122 Å². The minimum absolute atomic E-state index is 0.101. The molecule has 2 rings (SSSR count). The molecular weight excluding hydrogens is 339 g/mol. The standard InChI is InChI=1S/C11H14BrFN2O3S/c12-10-7-1-5(13)2-15(3-6(14)4-16)8(7)9(19-10)11(17)18/h5-6,16H,1-4,14H2,(H,17,18). The minimum atomic E-state index is -1.06. The molecule has 0 bridgehead atoms. The quantitative estimate of drug-likeness (QED) is 0.758. The number of hydrogen-bond donors (Lipinski definition) is 3. The second kappa shape index (κ2) is 5.74. The Bertz CT molecular complexity index is 497. The lowest BCUT2D eigenvalue weighted by Gasteiger charge is -2.33. The predicted molar refractivity (Wildman–Crippen MR) is 74.9 cm³/mol. The second-order valence-corrected chi connectivity index (χ2v) is 6.82. The maximum Gasteiger partial charge on any atom is 0.348 e. The number of rotatable bonds is 4. The largest absolute Gasteiger partial charge is 0.477 e. The Morgan fingerprint density at radius 3 is 2.95 bits per heavy atom. The fraction of sp³-hybridized carbons (Fsp3) is 0.545. The van der Waals surface area contributed by atoms with E-state index in [0.717, 1.165) is 11.3 Å². The van der Waals surface area contributed by atoms with Crippen LogP contribution in [-0.2, 0) is 6.42 Å². The number of carbonyl (C=O) groups is 1. The van der Waals surface area contributed by atoms with E-state index < -0.39 is 18.2 Å². The molecule has 5 nitrogen and oxygen atoms in total. The highest BCUT2D eigenvalue weighted by atomic mass is 79.9. The summed E-state index contributed by atoms with van der Waals surface area (Å²) in [6.45, 7) is 0.105. The summed E-state index contributed by atoms with van der Waals surface area (Å²) < 4.78 is 14.4. The van der Waals surface area contributed by atoms with Crippen LogP contribution in [0.5, 0.6) is 0 Å². The molecule has 0 fully saturated rings. The van der Waals surface area contributed by atoms with E-state index >= 15 is 0 Å². The van der Waals surface area contributed by atoms with Crippen molar-refractivity contribution >= 4 is 38.9 Å². The Morgan fingerprint density at radius 1 is 1.68 bits per heavy atom. The number of thiophene rings is 1. The second-order valence-electron chi connectivity index (χ2n) is 4.49. The number of halogens is 2. The fourth-order valence-electron chi connectivity index (χ4n) is 2.21. The van der Waals surface area contributed by atoms with Crippen LogP contribution >= 0.6 is 27.3 Å². The van der Waals surface area contributed by atoms with Crippen molar-refractivity contribution in [3.05, 3.63) is 14.2 Å². The van der Waals surface area contributed by atoms with Crippen LogP contribution in [0.3, 0.4) is 0 Å². The number of aliphatic hydroxyl groups excluding tert-OH is 1. The van der Waals surface area contributed by atoms with E-state index in [-0.39, 0.29) is 31.0 Å². The summed E-state index contributed by atoms with van der Waals surface area (Å²) in [6, 6.07) is -0.529. The smallest absolute Gasteiger partial charge is 0.348 e. The van der Waals surface area contributed by atoms with Crippen molar-refractivity contribution < 1.29 is 19.4 Å². The average molecular weight is 353 g/mol. The average Bonchev–Trinajstić information content (AvgIpc) is 2.67. The Morgan fingerprint density at radius 2 is 2.37 bits per heavy atom. The van der Waals surface area contributed by atoms with Crippen molar-refractivity contribution in [3.8, 4) is 0 Å². The molecule has 4 N–H and O–H groups in total. The van der Waals surface area contributed by atoms with Crippen molar-refractivity contribution in [1.29, 1.82) is 0 Å². The molecule has 0 saturated carbocycles. The number of anilines is 1. The van der Waals surface area contributed by atoms with Crippen LogP contribution in [0.2, 0.25) is 0 Å². The molecule has 1 aromatic rings. The fourth-order valence-corrected chi connectivity index (χ4v) is 3.96. The lowest BCUT2D eigenvalue weighted by molar-refractivity contribution is 0.0702. The summed E-state index contributed by atoms with van der Waals surface area (Å²) in [4.78, 5) is 13.1. The molecule has 0 spiro atoms. The van der Waals surface area contributed by atoms with Crippen molar-refractivity contribution in [2.45, 2.75) is 18.6 Å². The van der Waals surface area contributed by atoms with Gasteiger partial charge in [0.2, 0.25) is 0 Å². The van der Waals surface area contributed by atoms with Crippen LogP contribution < -0.4 is 10.6 Å².